The van der Waals surface area contributed by atoms with Gasteiger partial charge in [-0.05, 0) is 12.1 Å². The number of amides is 1. The Labute approximate surface area is 109 Å². The lowest BCUT2D eigenvalue weighted by atomic mass is 10.2. The number of hydrogen-bond donors (Lipinski definition) is 3. The third kappa shape index (κ3) is 3.27. The summed E-state index contributed by atoms with van der Waals surface area (Å²) in [4.78, 5) is 15.2. The minimum atomic E-state index is -0.263. The molecule has 6 nitrogen and oxygen atoms in total. The van der Waals surface area contributed by atoms with E-state index in [1.165, 1.54) is 11.3 Å². The number of carbonyl (C=O) groups is 1. The lowest BCUT2D eigenvalue weighted by Crippen LogP contribution is -2.43. The van der Waals surface area contributed by atoms with Crippen LogP contribution in [-0.2, 0) is 11.3 Å². The number of nitrogen functional groups attached to an aromatic ring is 1. The van der Waals surface area contributed by atoms with Crippen molar-refractivity contribution in [2.75, 3.05) is 26.3 Å². The molecule has 1 saturated heterocycles. The maximum absolute atomic E-state index is 11.3. The summed E-state index contributed by atoms with van der Waals surface area (Å²) in [5, 5.41) is 9.07. The number of ether oxygens (including phenoxy) is 1. The Morgan fingerprint density at radius 3 is 3.22 bits per heavy atom. The zero-order valence-electron chi connectivity index (χ0n) is 9.96. The van der Waals surface area contributed by atoms with E-state index in [0.717, 1.165) is 18.0 Å². The number of nitrogens with one attached hydrogen (secondary N) is 1. The van der Waals surface area contributed by atoms with Crippen LogP contribution in [-0.4, -0.2) is 48.3 Å². The minimum Gasteiger partial charge on any atom is -0.394 e. The summed E-state index contributed by atoms with van der Waals surface area (Å²) in [6.07, 6.45) is -0.106. The van der Waals surface area contributed by atoms with Gasteiger partial charge in [-0.3, -0.25) is 15.1 Å². The second-order valence-electron chi connectivity index (χ2n) is 4.15. The number of carbonyl (C=O) groups excluding carboxylic acids is 1. The van der Waals surface area contributed by atoms with Crippen molar-refractivity contribution in [2.24, 2.45) is 5.84 Å². The summed E-state index contributed by atoms with van der Waals surface area (Å²) < 4.78 is 5.39. The van der Waals surface area contributed by atoms with Gasteiger partial charge in [0, 0.05) is 24.5 Å². The number of nitrogens with two attached hydrogens (primary N) is 1. The normalized spacial score (nSPS) is 20.9. The van der Waals surface area contributed by atoms with Gasteiger partial charge in [0.15, 0.2) is 0 Å². The van der Waals surface area contributed by atoms with E-state index in [2.05, 4.69) is 10.3 Å². The summed E-state index contributed by atoms with van der Waals surface area (Å²) >= 11 is 1.43. The lowest BCUT2D eigenvalue weighted by Gasteiger charge is -2.31. The molecule has 0 saturated carbocycles. The molecule has 0 aromatic carbocycles. The number of rotatable bonds is 4. The van der Waals surface area contributed by atoms with Gasteiger partial charge in [-0.2, -0.15) is 0 Å². The van der Waals surface area contributed by atoms with Crippen molar-refractivity contribution in [1.29, 1.82) is 0 Å². The highest BCUT2D eigenvalue weighted by Crippen LogP contribution is 2.19. The summed E-state index contributed by atoms with van der Waals surface area (Å²) in [6.45, 7) is 3.00. The Kier molecular flexibility index (Phi) is 4.67. The molecule has 18 heavy (non-hydrogen) atoms. The van der Waals surface area contributed by atoms with Crippen LogP contribution in [0.2, 0.25) is 0 Å². The number of aliphatic hydroxyl groups excluding tert-OH is 1. The number of hydrazine groups is 1. The highest BCUT2D eigenvalue weighted by molar-refractivity contribution is 7.14. The first kappa shape index (κ1) is 13.4. The van der Waals surface area contributed by atoms with Gasteiger partial charge in [-0.1, -0.05) is 0 Å². The van der Waals surface area contributed by atoms with Crippen LogP contribution in [0.25, 0.3) is 0 Å². The Morgan fingerprint density at radius 1 is 1.67 bits per heavy atom. The topological polar surface area (TPSA) is 87.8 Å². The van der Waals surface area contributed by atoms with Gasteiger partial charge in [-0.15, -0.1) is 11.3 Å². The minimum absolute atomic E-state index is 0.0434. The molecular weight excluding hydrogens is 254 g/mol. The molecule has 1 aromatic rings. The highest BCUT2D eigenvalue weighted by atomic mass is 32.1. The van der Waals surface area contributed by atoms with Gasteiger partial charge >= 0.3 is 0 Å². The maximum Gasteiger partial charge on any atom is 0.275 e. The van der Waals surface area contributed by atoms with E-state index in [0.29, 0.717) is 18.0 Å². The molecular formula is C11H17N3O3S. The SMILES string of the molecule is NNC(=O)c1ccc(CN2CCOC(CO)C2)s1. The summed E-state index contributed by atoms with van der Waals surface area (Å²) in [5.41, 5.74) is 2.12. The first-order valence-corrected chi connectivity index (χ1v) is 6.59. The van der Waals surface area contributed by atoms with Crippen molar-refractivity contribution < 1.29 is 14.6 Å². The maximum atomic E-state index is 11.3. The molecule has 0 aliphatic carbocycles. The monoisotopic (exact) mass is 271 g/mol. The number of thiophene rings is 1. The molecule has 1 atom stereocenters. The van der Waals surface area contributed by atoms with Gasteiger partial charge in [-0.25, -0.2) is 5.84 Å². The molecule has 4 N–H and O–H groups in total. The van der Waals surface area contributed by atoms with Crippen LogP contribution in [0, 0.1) is 0 Å². The van der Waals surface area contributed by atoms with Crippen LogP contribution in [0.5, 0.6) is 0 Å². The van der Waals surface area contributed by atoms with Gasteiger partial charge in [0.25, 0.3) is 5.91 Å². The lowest BCUT2D eigenvalue weighted by molar-refractivity contribution is -0.0548. The average molecular weight is 271 g/mol. The van der Waals surface area contributed by atoms with Crippen LogP contribution in [0.3, 0.4) is 0 Å². The zero-order chi connectivity index (χ0) is 13.0. The van der Waals surface area contributed by atoms with Gasteiger partial charge in [0.05, 0.1) is 24.2 Å². The third-order valence-electron chi connectivity index (χ3n) is 2.82. The fourth-order valence-electron chi connectivity index (χ4n) is 1.91. The smallest absolute Gasteiger partial charge is 0.275 e. The third-order valence-corrected chi connectivity index (χ3v) is 3.89. The molecule has 1 aliphatic heterocycles. The molecule has 1 aliphatic rings. The van der Waals surface area contributed by atoms with E-state index in [4.69, 9.17) is 15.7 Å². The Bertz CT molecular complexity index is 410. The first-order valence-electron chi connectivity index (χ1n) is 5.77. The molecule has 1 fully saturated rings. The fourth-order valence-corrected chi connectivity index (χ4v) is 2.86. The quantitative estimate of drug-likeness (QED) is 0.392. The van der Waals surface area contributed by atoms with E-state index >= 15 is 0 Å². The molecule has 100 valence electrons. The summed E-state index contributed by atoms with van der Waals surface area (Å²) in [7, 11) is 0. The number of nitrogens with zero attached hydrogens (tertiary/aromatic N) is 1. The molecule has 2 heterocycles. The van der Waals surface area contributed by atoms with Crippen LogP contribution >= 0.6 is 11.3 Å². The van der Waals surface area contributed by atoms with Gasteiger partial charge < -0.3 is 9.84 Å². The van der Waals surface area contributed by atoms with Crippen molar-refractivity contribution in [3.63, 3.8) is 0 Å². The molecule has 1 unspecified atom stereocenters. The standard InChI is InChI=1S/C11H17N3O3S/c12-13-11(16)10-2-1-9(18-10)6-14-3-4-17-8(5-14)7-15/h1-2,8,15H,3-7,12H2,(H,13,16). The molecule has 7 heteroatoms. The molecule has 1 aromatic heterocycles. The largest absolute Gasteiger partial charge is 0.394 e. The molecule has 2 rings (SSSR count). The van der Waals surface area contributed by atoms with Gasteiger partial charge in [0.1, 0.15) is 0 Å². The summed E-state index contributed by atoms with van der Waals surface area (Å²) in [6, 6.07) is 3.70. The van der Waals surface area contributed by atoms with Crippen molar-refractivity contribution in [3.8, 4) is 0 Å². The van der Waals surface area contributed by atoms with Crippen LogP contribution in [0.1, 0.15) is 14.5 Å². The second kappa shape index (κ2) is 6.26. The fraction of sp³-hybridized carbons (Fsp3) is 0.545. The van der Waals surface area contributed by atoms with Crippen molar-refractivity contribution in [2.45, 2.75) is 12.6 Å². The Hall–Kier alpha value is -0.990. The zero-order valence-corrected chi connectivity index (χ0v) is 10.8. The predicted molar refractivity (Wildman–Crippen MR) is 68.1 cm³/mol. The number of hydrogen-bond acceptors (Lipinski definition) is 6. The van der Waals surface area contributed by atoms with Gasteiger partial charge in [0.2, 0.25) is 0 Å². The second-order valence-corrected chi connectivity index (χ2v) is 5.32. The van der Waals surface area contributed by atoms with E-state index in [1.807, 2.05) is 6.07 Å². The molecule has 0 spiro atoms. The van der Waals surface area contributed by atoms with E-state index in [1.54, 1.807) is 6.07 Å². The average Bonchev–Trinajstić information content (AvgIpc) is 2.86. The van der Waals surface area contributed by atoms with E-state index in [9.17, 15) is 4.79 Å². The molecule has 0 radical (unpaired) electrons. The number of morpholine rings is 1. The van der Waals surface area contributed by atoms with Crippen molar-refractivity contribution in [3.05, 3.63) is 21.9 Å². The van der Waals surface area contributed by atoms with Crippen LogP contribution < -0.4 is 11.3 Å². The molecule has 0 bridgehead atoms. The highest BCUT2D eigenvalue weighted by Gasteiger charge is 2.20. The van der Waals surface area contributed by atoms with E-state index in [-0.39, 0.29) is 18.6 Å². The first-order chi connectivity index (χ1) is 8.72. The van der Waals surface area contributed by atoms with E-state index < -0.39 is 0 Å². The number of aliphatic hydroxyl groups is 1. The predicted octanol–water partition coefficient (Wildman–Crippen LogP) is -0.455. The van der Waals surface area contributed by atoms with Crippen molar-refractivity contribution in [1.82, 2.24) is 10.3 Å². The Balaban J connectivity index is 1.92. The summed E-state index contributed by atoms with van der Waals surface area (Å²) in [5.74, 6) is 4.82. The Morgan fingerprint density at radius 2 is 2.50 bits per heavy atom. The van der Waals surface area contributed by atoms with Crippen molar-refractivity contribution >= 4 is 17.2 Å². The van der Waals surface area contributed by atoms with Crippen LogP contribution in [0.4, 0.5) is 0 Å². The van der Waals surface area contributed by atoms with Crippen LogP contribution in [0.15, 0.2) is 12.1 Å². The molecule has 1 amide bonds.